The molecular weight excluding hydrogens is 312 g/mol. The molecule has 2 aliphatic heterocycles. The summed E-state index contributed by atoms with van der Waals surface area (Å²) >= 11 is 0. The Hall–Kier alpha value is -1.40. The lowest BCUT2D eigenvalue weighted by atomic mass is 9.85. The number of carbonyl (C=O) groups is 1. The van der Waals surface area contributed by atoms with Crippen molar-refractivity contribution in [2.45, 2.75) is 63.3 Å². The molecular formula is C17H24N2O3S. The summed E-state index contributed by atoms with van der Waals surface area (Å²) in [5.41, 5.74) is 1.61. The maximum Gasteiger partial charge on any atom is 0.243 e. The smallest absolute Gasteiger partial charge is 0.243 e. The van der Waals surface area contributed by atoms with Crippen molar-refractivity contribution in [2.75, 3.05) is 11.9 Å². The zero-order valence-corrected chi connectivity index (χ0v) is 15.0. The molecule has 1 amide bonds. The van der Waals surface area contributed by atoms with Crippen LogP contribution in [0.15, 0.2) is 17.0 Å². The highest BCUT2D eigenvalue weighted by atomic mass is 32.2. The molecule has 0 bridgehead atoms. The summed E-state index contributed by atoms with van der Waals surface area (Å²) in [6.45, 7) is 8.03. The number of carbonyl (C=O) groups excluding carboxylic acids is 1. The molecule has 23 heavy (non-hydrogen) atoms. The first-order valence-electron chi connectivity index (χ1n) is 8.14. The van der Waals surface area contributed by atoms with E-state index >= 15 is 0 Å². The first-order valence-corrected chi connectivity index (χ1v) is 9.58. The number of fused-ring (bicyclic) bond motifs is 1. The lowest BCUT2D eigenvalue weighted by Gasteiger charge is -2.32. The van der Waals surface area contributed by atoms with Crippen molar-refractivity contribution in [3.05, 3.63) is 23.3 Å². The molecule has 0 spiro atoms. The van der Waals surface area contributed by atoms with Crippen LogP contribution in [-0.4, -0.2) is 31.2 Å². The van der Waals surface area contributed by atoms with Crippen molar-refractivity contribution < 1.29 is 13.2 Å². The highest BCUT2D eigenvalue weighted by molar-refractivity contribution is 7.89. The molecule has 3 rings (SSSR count). The van der Waals surface area contributed by atoms with Crippen LogP contribution in [0.25, 0.3) is 0 Å². The Morgan fingerprint density at radius 3 is 2.61 bits per heavy atom. The molecule has 5 nitrogen and oxygen atoms in total. The van der Waals surface area contributed by atoms with Crippen LogP contribution < -0.4 is 5.32 Å². The van der Waals surface area contributed by atoms with Gasteiger partial charge in [0.2, 0.25) is 15.9 Å². The number of amides is 1. The van der Waals surface area contributed by atoms with Crippen molar-refractivity contribution in [3.63, 3.8) is 0 Å². The Morgan fingerprint density at radius 2 is 1.96 bits per heavy atom. The minimum atomic E-state index is -3.53. The van der Waals surface area contributed by atoms with E-state index in [0.717, 1.165) is 36.1 Å². The SMILES string of the molecule is Cc1cc(S(=O)(=O)N2CCCC[C@H]2C)cc2c1NC(=O)C2(C)C. The van der Waals surface area contributed by atoms with Crippen molar-refractivity contribution in [2.24, 2.45) is 0 Å². The second-order valence-corrected chi connectivity index (χ2v) is 9.09. The van der Waals surface area contributed by atoms with E-state index in [4.69, 9.17) is 0 Å². The molecule has 0 saturated carbocycles. The summed E-state index contributed by atoms with van der Waals surface area (Å²) in [4.78, 5) is 12.4. The zero-order chi connectivity index (χ0) is 17.0. The molecule has 1 N–H and O–H groups in total. The van der Waals surface area contributed by atoms with E-state index in [1.807, 2.05) is 27.7 Å². The standard InChI is InChI=1S/C17H24N2O3S/c1-11-9-13(10-14-15(11)18-16(20)17(14,3)4)23(21,22)19-8-6-5-7-12(19)2/h9-10,12H,5-8H2,1-4H3,(H,18,20)/t12-/m1/s1. The van der Waals surface area contributed by atoms with Crippen LogP contribution in [0, 0.1) is 6.92 Å². The van der Waals surface area contributed by atoms with Crippen LogP contribution in [0.4, 0.5) is 5.69 Å². The number of anilines is 1. The van der Waals surface area contributed by atoms with Gasteiger partial charge in [-0.25, -0.2) is 8.42 Å². The highest BCUT2D eigenvalue weighted by Crippen LogP contribution is 2.41. The van der Waals surface area contributed by atoms with Gasteiger partial charge in [0.1, 0.15) is 0 Å². The van der Waals surface area contributed by atoms with Crippen LogP contribution in [-0.2, 0) is 20.2 Å². The largest absolute Gasteiger partial charge is 0.325 e. The fourth-order valence-electron chi connectivity index (χ4n) is 3.52. The van der Waals surface area contributed by atoms with Crippen molar-refractivity contribution >= 4 is 21.6 Å². The average molecular weight is 336 g/mol. The monoisotopic (exact) mass is 336 g/mol. The van der Waals surface area contributed by atoms with E-state index in [1.54, 1.807) is 16.4 Å². The summed E-state index contributed by atoms with van der Waals surface area (Å²) in [5.74, 6) is -0.0866. The second kappa shape index (κ2) is 5.31. The third-order valence-electron chi connectivity index (χ3n) is 5.14. The predicted molar refractivity (Wildman–Crippen MR) is 90.0 cm³/mol. The van der Waals surface area contributed by atoms with Crippen molar-refractivity contribution in [3.8, 4) is 0 Å². The molecule has 126 valence electrons. The van der Waals surface area contributed by atoms with Gasteiger partial charge in [-0.15, -0.1) is 0 Å². The molecule has 1 fully saturated rings. The molecule has 2 heterocycles. The molecule has 0 aromatic heterocycles. The normalized spacial score (nSPS) is 24.3. The maximum atomic E-state index is 13.1. The van der Waals surface area contributed by atoms with Crippen LogP contribution in [0.1, 0.15) is 51.2 Å². The number of piperidine rings is 1. The molecule has 2 aliphatic rings. The fourth-order valence-corrected chi connectivity index (χ4v) is 5.33. The topological polar surface area (TPSA) is 66.5 Å². The minimum absolute atomic E-state index is 0.0232. The van der Waals surface area contributed by atoms with Gasteiger partial charge in [0, 0.05) is 18.3 Å². The Bertz CT molecular complexity index is 768. The number of sulfonamides is 1. The third-order valence-corrected chi connectivity index (χ3v) is 7.13. The quantitative estimate of drug-likeness (QED) is 0.903. The van der Waals surface area contributed by atoms with Gasteiger partial charge < -0.3 is 5.32 Å². The van der Waals surface area contributed by atoms with E-state index in [1.165, 1.54) is 0 Å². The first-order chi connectivity index (χ1) is 10.7. The molecule has 1 atom stereocenters. The average Bonchev–Trinajstić information content (AvgIpc) is 2.71. The molecule has 0 radical (unpaired) electrons. The maximum absolute atomic E-state index is 13.1. The van der Waals surface area contributed by atoms with Gasteiger partial charge in [-0.2, -0.15) is 4.31 Å². The van der Waals surface area contributed by atoms with Gasteiger partial charge in [0.15, 0.2) is 0 Å². The predicted octanol–water partition coefficient (Wildman–Crippen LogP) is 2.79. The number of hydrogen-bond donors (Lipinski definition) is 1. The lowest BCUT2D eigenvalue weighted by Crippen LogP contribution is -2.42. The van der Waals surface area contributed by atoms with E-state index in [2.05, 4.69) is 5.32 Å². The van der Waals surface area contributed by atoms with Gasteiger partial charge in [0.05, 0.1) is 10.3 Å². The number of hydrogen-bond acceptors (Lipinski definition) is 3. The lowest BCUT2D eigenvalue weighted by molar-refractivity contribution is -0.119. The van der Waals surface area contributed by atoms with Gasteiger partial charge in [0.25, 0.3) is 0 Å². The summed E-state index contributed by atoms with van der Waals surface area (Å²) < 4.78 is 27.7. The zero-order valence-electron chi connectivity index (χ0n) is 14.1. The summed E-state index contributed by atoms with van der Waals surface area (Å²) in [6, 6.07) is 3.38. The molecule has 1 saturated heterocycles. The van der Waals surface area contributed by atoms with Gasteiger partial charge in [-0.05, 0) is 63.8 Å². The van der Waals surface area contributed by atoms with Gasteiger partial charge >= 0.3 is 0 Å². The first kappa shape index (κ1) is 16.5. The van der Waals surface area contributed by atoms with E-state index in [9.17, 15) is 13.2 Å². The number of rotatable bonds is 2. The third kappa shape index (κ3) is 2.48. The molecule has 0 aliphatic carbocycles. The number of benzene rings is 1. The highest BCUT2D eigenvalue weighted by Gasteiger charge is 2.41. The Balaban J connectivity index is 2.10. The van der Waals surface area contributed by atoms with Crippen molar-refractivity contribution in [1.82, 2.24) is 4.31 Å². The Kier molecular flexibility index (Phi) is 3.80. The van der Waals surface area contributed by atoms with Crippen LogP contribution in [0.2, 0.25) is 0 Å². The molecule has 0 unspecified atom stereocenters. The Labute approximate surface area is 138 Å². The fraction of sp³-hybridized carbons (Fsp3) is 0.588. The van der Waals surface area contributed by atoms with Crippen LogP contribution in [0.5, 0.6) is 0 Å². The van der Waals surface area contributed by atoms with Crippen LogP contribution in [0.3, 0.4) is 0 Å². The molecule has 1 aromatic carbocycles. The number of aryl methyl sites for hydroxylation is 1. The minimum Gasteiger partial charge on any atom is -0.325 e. The summed E-state index contributed by atoms with van der Waals surface area (Å²) in [7, 11) is -3.53. The summed E-state index contributed by atoms with van der Waals surface area (Å²) in [6.07, 6.45) is 2.87. The number of nitrogens with one attached hydrogen (secondary N) is 1. The van der Waals surface area contributed by atoms with E-state index in [0.29, 0.717) is 11.4 Å². The van der Waals surface area contributed by atoms with Crippen molar-refractivity contribution in [1.29, 1.82) is 0 Å². The van der Waals surface area contributed by atoms with Crippen LogP contribution >= 0.6 is 0 Å². The Morgan fingerprint density at radius 1 is 1.26 bits per heavy atom. The van der Waals surface area contributed by atoms with E-state index in [-0.39, 0.29) is 11.9 Å². The summed E-state index contributed by atoms with van der Waals surface area (Å²) in [5, 5.41) is 2.88. The molecule has 6 heteroatoms. The van der Waals surface area contributed by atoms with E-state index < -0.39 is 15.4 Å². The van der Waals surface area contributed by atoms with Gasteiger partial charge in [-0.1, -0.05) is 6.42 Å². The number of nitrogens with zero attached hydrogens (tertiary/aromatic N) is 1. The van der Waals surface area contributed by atoms with Gasteiger partial charge in [-0.3, -0.25) is 4.79 Å². The second-order valence-electron chi connectivity index (χ2n) is 7.20. The molecule has 1 aromatic rings.